The van der Waals surface area contributed by atoms with Gasteiger partial charge in [-0.05, 0) is 25.3 Å². The zero-order chi connectivity index (χ0) is 14.6. The number of aliphatic carboxylic acids is 1. The van der Waals surface area contributed by atoms with E-state index in [4.69, 9.17) is 4.74 Å². The van der Waals surface area contributed by atoms with Crippen LogP contribution in [0, 0.1) is 11.8 Å². The van der Waals surface area contributed by atoms with Gasteiger partial charge in [0.15, 0.2) is 0 Å². The fourth-order valence-corrected chi connectivity index (χ4v) is 4.66. The third-order valence-electron chi connectivity index (χ3n) is 5.51. The number of carbonyl (C=O) groups is 1. The number of carboxylic acid groups (broad SMARTS) is 1. The molecule has 0 radical (unpaired) electrons. The molecule has 1 aromatic carbocycles. The van der Waals surface area contributed by atoms with Gasteiger partial charge in [-0.15, -0.1) is 0 Å². The molecule has 112 valence electrons. The van der Waals surface area contributed by atoms with Crippen LogP contribution in [0.15, 0.2) is 24.3 Å². The van der Waals surface area contributed by atoms with Gasteiger partial charge in [0.05, 0.1) is 12.5 Å². The first-order valence-electron chi connectivity index (χ1n) is 7.89. The molecule has 1 N–H and O–H groups in total. The summed E-state index contributed by atoms with van der Waals surface area (Å²) in [5, 5.41) is 9.46. The number of hydrogen-bond donors (Lipinski definition) is 1. The second kappa shape index (κ2) is 4.73. The third-order valence-corrected chi connectivity index (χ3v) is 5.51. The van der Waals surface area contributed by atoms with E-state index in [1.807, 2.05) is 12.1 Å². The first kappa shape index (κ1) is 13.1. The van der Waals surface area contributed by atoms with Gasteiger partial charge in [-0.25, -0.2) is 0 Å². The van der Waals surface area contributed by atoms with Crippen LogP contribution in [0.2, 0.25) is 0 Å². The molecule has 4 rings (SSSR count). The number of ether oxygens (including phenoxy) is 1. The lowest BCUT2D eigenvalue weighted by atomic mass is 9.89. The smallest absolute Gasteiger partial charge is 0.308 e. The Bertz CT molecular complexity index is 573. The summed E-state index contributed by atoms with van der Waals surface area (Å²) >= 11 is 0. The summed E-state index contributed by atoms with van der Waals surface area (Å²) in [6.45, 7) is 2.93. The van der Waals surface area contributed by atoms with Crippen LogP contribution in [0.1, 0.15) is 37.8 Å². The normalized spacial score (nSPS) is 38.0. The van der Waals surface area contributed by atoms with E-state index in [0.29, 0.717) is 18.0 Å². The van der Waals surface area contributed by atoms with Crippen LogP contribution in [0.25, 0.3) is 0 Å². The minimum atomic E-state index is -0.625. The van der Waals surface area contributed by atoms with Crippen LogP contribution in [-0.4, -0.2) is 34.7 Å². The highest BCUT2D eigenvalue weighted by atomic mass is 16.5. The lowest BCUT2D eigenvalue weighted by Crippen LogP contribution is -2.42. The van der Waals surface area contributed by atoms with Crippen LogP contribution >= 0.6 is 0 Å². The molecule has 2 saturated heterocycles. The lowest BCUT2D eigenvalue weighted by Gasteiger charge is -2.40. The molecule has 5 atom stereocenters. The maximum Gasteiger partial charge on any atom is 0.308 e. The molecule has 3 aliphatic rings. The number of nitrogens with zero attached hydrogens (tertiary/aromatic N) is 1. The van der Waals surface area contributed by atoms with Crippen molar-refractivity contribution in [3.8, 4) is 5.75 Å². The molecule has 2 fully saturated rings. The van der Waals surface area contributed by atoms with E-state index in [-0.39, 0.29) is 12.0 Å². The van der Waals surface area contributed by atoms with Gasteiger partial charge in [-0.2, -0.15) is 0 Å². The summed E-state index contributed by atoms with van der Waals surface area (Å²) in [6, 6.07) is 9.16. The van der Waals surface area contributed by atoms with Gasteiger partial charge in [0.2, 0.25) is 0 Å². The van der Waals surface area contributed by atoms with Gasteiger partial charge in [-0.3, -0.25) is 9.69 Å². The van der Waals surface area contributed by atoms with Gasteiger partial charge in [-0.1, -0.05) is 25.1 Å². The summed E-state index contributed by atoms with van der Waals surface area (Å²) in [7, 11) is 0. The maximum atomic E-state index is 11.5. The van der Waals surface area contributed by atoms with Gasteiger partial charge in [0, 0.05) is 29.6 Å². The molecule has 0 spiro atoms. The Morgan fingerprint density at radius 1 is 1.33 bits per heavy atom. The van der Waals surface area contributed by atoms with Crippen LogP contribution in [0.5, 0.6) is 5.75 Å². The zero-order valence-corrected chi connectivity index (χ0v) is 12.2. The maximum absolute atomic E-state index is 11.5. The summed E-state index contributed by atoms with van der Waals surface area (Å²) in [6.07, 6.45) is 2.97. The zero-order valence-electron chi connectivity index (χ0n) is 12.2. The molecule has 4 nitrogen and oxygen atoms in total. The van der Waals surface area contributed by atoms with Crippen molar-refractivity contribution in [2.45, 2.75) is 44.3 Å². The summed E-state index contributed by atoms with van der Waals surface area (Å²) in [5.41, 5.74) is 1.24. The molecule has 0 saturated carbocycles. The van der Waals surface area contributed by atoms with Gasteiger partial charge < -0.3 is 9.84 Å². The highest BCUT2D eigenvalue weighted by Crippen LogP contribution is 2.51. The average molecular weight is 287 g/mol. The molecular formula is C17H21NO3. The van der Waals surface area contributed by atoms with Crippen LogP contribution < -0.4 is 4.74 Å². The molecule has 5 unspecified atom stereocenters. The fraction of sp³-hybridized carbons (Fsp3) is 0.588. The van der Waals surface area contributed by atoms with E-state index in [2.05, 4.69) is 24.0 Å². The van der Waals surface area contributed by atoms with Crippen molar-refractivity contribution in [2.75, 3.05) is 6.61 Å². The minimum absolute atomic E-state index is 0.189. The highest BCUT2D eigenvalue weighted by Gasteiger charge is 2.53. The summed E-state index contributed by atoms with van der Waals surface area (Å²) in [4.78, 5) is 14.0. The van der Waals surface area contributed by atoms with E-state index in [1.54, 1.807) is 0 Å². The average Bonchev–Trinajstić information content (AvgIpc) is 3.05. The Hall–Kier alpha value is -1.55. The minimum Gasteiger partial charge on any atom is -0.493 e. The van der Waals surface area contributed by atoms with E-state index in [0.717, 1.165) is 31.6 Å². The van der Waals surface area contributed by atoms with E-state index in [1.165, 1.54) is 5.56 Å². The second-order valence-corrected chi connectivity index (χ2v) is 6.70. The van der Waals surface area contributed by atoms with Crippen molar-refractivity contribution in [2.24, 2.45) is 11.8 Å². The second-order valence-electron chi connectivity index (χ2n) is 6.70. The number of para-hydroxylation sites is 1. The summed E-state index contributed by atoms with van der Waals surface area (Å²) in [5.74, 6) is 0.556. The van der Waals surface area contributed by atoms with Crippen molar-refractivity contribution >= 4 is 5.97 Å². The quantitative estimate of drug-likeness (QED) is 0.908. The molecule has 4 heteroatoms. The molecule has 0 amide bonds. The van der Waals surface area contributed by atoms with Crippen molar-refractivity contribution in [3.05, 3.63) is 29.8 Å². The summed E-state index contributed by atoms with van der Waals surface area (Å²) < 4.78 is 5.85. The van der Waals surface area contributed by atoms with E-state index in [9.17, 15) is 9.90 Å². The van der Waals surface area contributed by atoms with Crippen molar-refractivity contribution in [1.29, 1.82) is 0 Å². The van der Waals surface area contributed by atoms with Gasteiger partial charge >= 0.3 is 5.97 Å². The molecular weight excluding hydrogens is 266 g/mol. The Morgan fingerprint density at radius 3 is 2.90 bits per heavy atom. The molecule has 2 bridgehead atoms. The van der Waals surface area contributed by atoms with Crippen molar-refractivity contribution in [1.82, 2.24) is 4.90 Å². The molecule has 21 heavy (non-hydrogen) atoms. The van der Waals surface area contributed by atoms with Crippen molar-refractivity contribution < 1.29 is 14.6 Å². The molecule has 3 aliphatic heterocycles. The Kier molecular flexibility index (Phi) is 2.96. The topological polar surface area (TPSA) is 49.8 Å². The van der Waals surface area contributed by atoms with Crippen LogP contribution in [-0.2, 0) is 4.79 Å². The highest BCUT2D eigenvalue weighted by molar-refractivity contribution is 5.72. The van der Waals surface area contributed by atoms with E-state index < -0.39 is 5.97 Å². The van der Waals surface area contributed by atoms with Gasteiger partial charge in [0.1, 0.15) is 5.75 Å². The monoisotopic (exact) mass is 287 g/mol. The number of benzene rings is 1. The Labute approximate surface area is 124 Å². The lowest BCUT2D eigenvalue weighted by molar-refractivity contribution is -0.142. The van der Waals surface area contributed by atoms with Gasteiger partial charge in [0.25, 0.3) is 0 Å². The number of fused-ring (bicyclic) bond motifs is 3. The predicted octanol–water partition coefficient (Wildman–Crippen LogP) is 2.69. The fourth-order valence-electron chi connectivity index (χ4n) is 4.66. The third kappa shape index (κ3) is 1.89. The Balaban J connectivity index is 1.72. The Morgan fingerprint density at radius 2 is 2.14 bits per heavy atom. The number of carboxylic acids is 1. The molecule has 0 aromatic heterocycles. The number of rotatable bonds is 2. The predicted molar refractivity (Wildman–Crippen MR) is 78.2 cm³/mol. The molecule has 3 heterocycles. The molecule has 0 aliphatic carbocycles. The van der Waals surface area contributed by atoms with Crippen molar-refractivity contribution in [3.63, 3.8) is 0 Å². The van der Waals surface area contributed by atoms with Crippen LogP contribution in [0.4, 0.5) is 0 Å². The first-order chi connectivity index (χ1) is 10.2. The standard InChI is InChI=1S/C17H21NO3/c1-10-9-21-15-5-3-2-4-12(15)16(10)18-11-6-7-14(18)13(8-11)17(19)20/h2-5,10-11,13-14,16H,6-9H2,1H3,(H,19,20). The SMILES string of the molecule is CC1COc2ccccc2C1N1C2CCC1C(C(=O)O)C2. The molecule has 1 aromatic rings. The van der Waals surface area contributed by atoms with Crippen LogP contribution in [0.3, 0.4) is 0 Å². The van der Waals surface area contributed by atoms with E-state index >= 15 is 0 Å². The first-order valence-corrected chi connectivity index (χ1v) is 7.89. The largest absolute Gasteiger partial charge is 0.493 e. The number of hydrogen-bond acceptors (Lipinski definition) is 3.